The molecule has 2 N–H and O–H groups in total. The van der Waals surface area contributed by atoms with Gasteiger partial charge in [-0.15, -0.1) is 0 Å². The van der Waals surface area contributed by atoms with E-state index in [1.807, 2.05) is 29.2 Å². The molecule has 3 heterocycles. The molecule has 0 saturated carbocycles. The van der Waals surface area contributed by atoms with Crippen molar-refractivity contribution in [1.82, 2.24) is 9.97 Å². The largest absolute Gasteiger partial charge is 0.472 e. The number of anilines is 1. The molecule has 9 heteroatoms. The summed E-state index contributed by atoms with van der Waals surface area (Å²) in [5.41, 5.74) is 7.65. The molecule has 0 radical (unpaired) electrons. The number of hydrogen-bond acceptors (Lipinski definition) is 5. The second-order valence-corrected chi connectivity index (χ2v) is 7.19. The molecule has 1 amide bonds. The van der Waals surface area contributed by atoms with Gasteiger partial charge < -0.3 is 15.4 Å². The van der Waals surface area contributed by atoms with E-state index in [1.54, 1.807) is 18.5 Å². The van der Waals surface area contributed by atoms with Crippen LogP contribution < -0.4 is 15.4 Å². The van der Waals surface area contributed by atoms with Crippen molar-refractivity contribution in [3.05, 3.63) is 72.2 Å². The Balaban J connectivity index is 1.49. The van der Waals surface area contributed by atoms with Gasteiger partial charge in [-0.25, -0.2) is 4.98 Å². The van der Waals surface area contributed by atoms with Crippen LogP contribution >= 0.6 is 0 Å². The Hall–Kier alpha value is -3.62. The summed E-state index contributed by atoms with van der Waals surface area (Å²) in [6.45, 7) is 1.07. The van der Waals surface area contributed by atoms with Crippen molar-refractivity contribution >= 4 is 11.6 Å². The van der Waals surface area contributed by atoms with Gasteiger partial charge in [0, 0.05) is 43.3 Å². The number of nitrogens with two attached hydrogens (primary N) is 1. The summed E-state index contributed by atoms with van der Waals surface area (Å²) in [6.07, 6.45) is 0.0155. The molecule has 0 aliphatic carbocycles. The van der Waals surface area contributed by atoms with E-state index in [2.05, 4.69) is 9.97 Å². The molecule has 1 saturated heterocycles. The number of ether oxygens (including phenoxy) is 1. The van der Waals surface area contributed by atoms with Gasteiger partial charge in [0.25, 0.3) is 5.91 Å². The monoisotopic (exact) mass is 428 g/mol. The molecular weight excluding hydrogens is 409 g/mol. The molecule has 2 aromatic heterocycles. The van der Waals surface area contributed by atoms with Gasteiger partial charge in [-0.1, -0.05) is 6.07 Å². The number of alkyl halides is 3. The Morgan fingerprint density at radius 2 is 1.87 bits per heavy atom. The lowest BCUT2D eigenvalue weighted by molar-refractivity contribution is -0.137. The molecular formula is C22H19F3N4O2. The van der Waals surface area contributed by atoms with E-state index in [-0.39, 0.29) is 12.0 Å². The zero-order valence-electron chi connectivity index (χ0n) is 16.3. The van der Waals surface area contributed by atoms with Gasteiger partial charge in [0.05, 0.1) is 17.7 Å². The van der Waals surface area contributed by atoms with Crippen molar-refractivity contribution in [2.45, 2.75) is 18.7 Å². The van der Waals surface area contributed by atoms with Gasteiger partial charge >= 0.3 is 6.18 Å². The van der Waals surface area contributed by atoms with Crippen LogP contribution in [0.25, 0.3) is 11.1 Å². The molecule has 1 atom stereocenters. The highest BCUT2D eigenvalue weighted by atomic mass is 19.4. The van der Waals surface area contributed by atoms with Gasteiger partial charge in [0.15, 0.2) is 0 Å². The Morgan fingerprint density at radius 3 is 2.52 bits per heavy atom. The number of carbonyl (C=O) groups is 1. The van der Waals surface area contributed by atoms with Crippen molar-refractivity contribution in [2.75, 3.05) is 18.0 Å². The Morgan fingerprint density at radius 1 is 1.10 bits per heavy atom. The first-order valence-electron chi connectivity index (χ1n) is 9.60. The highest BCUT2D eigenvalue weighted by molar-refractivity contribution is 6.00. The predicted molar refractivity (Wildman–Crippen MR) is 109 cm³/mol. The first-order valence-corrected chi connectivity index (χ1v) is 9.60. The van der Waals surface area contributed by atoms with Crippen LogP contribution in [0.3, 0.4) is 0 Å². The highest BCUT2D eigenvalue weighted by Crippen LogP contribution is 2.32. The number of halogens is 3. The maximum absolute atomic E-state index is 12.7. The lowest BCUT2D eigenvalue weighted by atomic mass is 10.0. The van der Waals surface area contributed by atoms with Gasteiger partial charge in [-0.3, -0.25) is 9.78 Å². The second-order valence-electron chi connectivity index (χ2n) is 7.19. The third-order valence-corrected chi connectivity index (χ3v) is 5.11. The van der Waals surface area contributed by atoms with E-state index in [0.29, 0.717) is 30.8 Å². The molecule has 1 fully saturated rings. The van der Waals surface area contributed by atoms with Crippen LogP contribution in [0.5, 0.6) is 5.88 Å². The van der Waals surface area contributed by atoms with Gasteiger partial charge in [0.2, 0.25) is 5.88 Å². The molecule has 1 unspecified atom stereocenters. The average Bonchev–Trinajstić information content (AvgIpc) is 3.22. The minimum absolute atomic E-state index is 0.128. The number of rotatable bonds is 5. The van der Waals surface area contributed by atoms with Gasteiger partial charge in [0.1, 0.15) is 6.10 Å². The molecule has 1 aliphatic rings. The Bertz CT molecular complexity index is 1070. The fraction of sp³-hybridized carbons (Fsp3) is 0.227. The number of aromatic nitrogens is 2. The third kappa shape index (κ3) is 4.60. The quantitative estimate of drug-likeness (QED) is 0.666. The van der Waals surface area contributed by atoms with E-state index >= 15 is 0 Å². The first-order chi connectivity index (χ1) is 14.8. The molecule has 6 nitrogen and oxygen atoms in total. The van der Waals surface area contributed by atoms with Crippen LogP contribution in [0.15, 0.2) is 61.1 Å². The number of pyridine rings is 2. The summed E-state index contributed by atoms with van der Waals surface area (Å²) in [5, 5.41) is 0. The zero-order chi connectivity index (χ0) is 22.0. The number of benzene rings is 1. The molecule has 31 heavy (non-hydrogen) atoms. The van der Waals surface area contributed by atoms with Crippen LogP contribution in [0.2, 0.25) is 0 Å². The lowest BCUT2D eigenvalue weighted by Gasteiger charge is -2.22. The van der Waals surface area contributed by atoms with E-state index in [4.69, 9.17) is 10.5 Å². The maximum atomic E-state index is 12.7. The molecule has 1 aliphatic heterocycles. The topological polar surface area (TPSA) is 81.3 Å². The summed E-state index contributed by atoms with van der Waals surface area (Å²) < 4.78 is 43.8. The van der Waals surface area contributed by atoms with Crippen LogP contribution in [0.1, 0.15) is 22.3 Å². The molecule has 3 aromatic rings. The SMILES string of the molecule is NC(=O)c1cc(-c2ccncc2)ccc1N1CCC(Oc2ccc(C(F)(F)F)cn2)C1. The highest BCUT2D eigenvalue weighted by Gasteiger charge is 2.31. The summed E-state index contributed by atoms with van der Waals surface area (Å²) >= 11 is 0. The van der Waals surface area contributed by atoms with Crippen molar-refractivity contribution in [3.8, 4) is 17.0 Å². The van der Waals surface area contributed by atoms with E-state index in [1.165, 1.54) is 6.07 Å². The van der Waals surface area contributed by atoms with Gasteiger partial charge in [-0.05, 0) is 41.5 Å². The van der Waals surface area contributed by atoms with Crippen LogP contribution in [0.4, 0.5) is 18.9 Å². The molecule has 1 aromatic carbocycles. The fourth-order valence-electron chi connectivity index (χ4n) is 3.56. The molecule has 160 valence electrons. The van der Waals surface area contributed by atoms with Crippen molar-refractivity contribution < 1.29 is 22.7 Å². The zero-order valence-corrected chi connectivity index (χ0v) is 16.3. The normalized spacial score (nSPS) is 16.4. The Kier molecular flexibility index (Phi) is 5.50. The third-order valence-electron chi connectivity index (χ3n) is 5.11. The number of nitrogens with zero attached hydrogens (tertiary/aromatic N) is 3. The minimum Gasteiger partial charge on any atom is -0.472 e. The maximum Gasteiger partial charge on any atom is 0.417 e. The summed E-state index contributed by atoms with van der Waals surface area (Å²) in [6, 6.07) is 11.3. The van der Waals surface area contributed by atoms with Crippen LogP contribution in [0, 0.1) is 0 Å². The average molecular weight is 428 g/mol. The number of carbonyl (C=O) groups excluding carboxylic acids is 1. The molecule has 0 bridgehead atoms. The van der Waals surface area contributed by atoms with E-state index in [9.17, 15) is 18.0 Å². The standard InChI is InChI=1S/C22H19F3N4O2/c23-22(24,25)16-2-4-20(28-12-16)31-17-7-10-29(13-17)19-3-1-15(11-18(19)21(26)30)14-5-8-27-9-6-14/h1-6,8-9,11-12,17H,7,10,13H2,(H2,26,30). The molecule has 4 rings (SSSR count). The van der Waals surface area contributed by atoms with Crippen molar-refractivity contribution in [2.24, 2.45) is 5.73 Å². The second kappa shape index (κ2) is 8.25. The number of amides is 1. The first kappa shape index (κ1) is 20.6. The van der Waals surface area contributed by atoms with Gasteiger partial charge in [-0.2, -0.15) is 13.2 Å². The minimum atomic E-state index is -4.44. The van der Waals surface area contributed by atoms with Crippen LogP contribution in [-0.4, -0.2) is 35.1 Å². The number of hydrogen-bond donors (Lipinski definition) is 1. The van der Waals surface area contributed by atoms with E-state index < -0.39 is 17.6 Å². The van der Waals surface area contributed by atoms with E-state index in [0.717, 1.165) is 23.4 Å². The van der Waals surface area contributed by atoms with Crippen molar-refractivity contribution in [3.63, 3.8) is 0 Å². The fourth-order valence-corrected chi connectivity index (χ4v) is 3.56. The summed E-state index contributed by atoms with van der Waals surface area (Å²) in [4.78, 5) is 21.8. The predicted octanol–water partition coefficient (Wildman–Crippen LogP) is 3.92. The number of primary amides is 1. The lowest BCUT2D eigenvalue weighted by Crippen LogP contribution is -2.27. The molecule has 0 spiro atoms. The summed E-state index contributed by atoms with van der Waals surface area (Å²) in [7, 11) is 0. The summed E-state index contributed by atoms with van der Waals surface area (Å²) in [5.74, 6) is -0.414. The van der Waals surface area contributed by atoms with Crippen LogP contribution in [-0.2, 0) is 6.18 Å². The Labute approximate surface area is 176 Å². The smallest absolute Gasteiger partial charge is 0.417 e. The van der Waals surface area contributed by atoms with Crippen molar-refractivity contribution in [1.29, 1.82) is 0 Å².